The molecular weight excluding hydrogens is 359 g/mol. The number of nitrogens with zero attached hydrogens (tertiary/aromatic N) is 2. The molecule has 28 heavy (non-hydrogen) atoms. The first-order chi connectivity index (χ1) is 13.6. The van der Waals surface area contributed by atoms with Crippen molar-refractivity contribution in [2.45, 2.75) is 12.5 Å². The van der Waals surface area contributed by atoms with Gasteiger partial charge in [0.25, 0.3) is 5.91 Å². The monoisotopic (exact) mass is 380 g/mol. The average molecular weight is 380 g/mol. The molecular formula is C21H21FN4O2. The highest BCUT2D eigenvalue weighted by Gasteiger charge is 2.22. The molecule has 1 atom stereocenters. The van der Waals surface area contributed by atoms with Gasteiger partial charge in [-0.05, 0) is 36.3 Å². The summed E-state index contributed by atoms with van der Waals surface area (Å²) in [6.45, 7) is 2.32. The third kappa shape index (κ3) is 5.64. The summed E-state index contributed by atoms with van der Waals surface area (Å²) >= 11 is 0. The molecule has 144 valence electrons. The molecule has 2 aromatic rings. The van der Waals surface area contributed by atoms with Gasteiger partial charge >= 0.3 is 0 Å². The summed E-state index contributed by atoms with van der Waals surface area (Å²) in [7, 11) is 0. The van der Waals surface area contributed by atoms with E-state index in [4.69, 9.17) is 5.21 Å². The normalized spacial score (nSPS) is 16.6. The molecule has 0 spiro atoms. The fourth-order valence-electron chi connectivity index (χ4n) is 2.92. The fourth-order valence-corrected chi connectivity index (χ4v) is 2.92. The standard InChI is InChI=1S/C21H21FN4O2/c22-19-13-17(8-9-20(27)25-28)14-23-21(19)24-18-10-12-26(15-18)11-4-7-16-5-2-1-3-6-16/h1-3,5-6,8-9,13-14,18,28H,10-12,15H2,(H,23,24)(H,25,27)/t18-/m1/s1. The molecule has 0 unspecified atom stereocenters. The number of benzene rings is 1. The second-order valence-corrected chi connectivity index (χ2v) is 6.44. The van der Waals surface area contributed by atoms with Gasteiger partial charge in [-0.3, -0.25) is 14.9 Å². The van der Waals surface area contributed by atoms with Crippen molar-refractivity contribution in [3.63, 3.8) is 0 Å². The van der Waals surface area contributed by atoms with Crippen molar-refractivity contribution in [1.82, 2.24) is 15.4 Å². The number of carbonyl (C=O) groups is 1. The van der Waals surface area contributed by atoms with Crippen molar-refractivity contribution < 1.29 is 14.4 Å². The van der Waals surface area contributed by atoms with E-state index < -0.39 is 11.7 Å². The largest absolute Gasteiger partial charge is 0.364 e. The molecule has 3 rings (SSSR count). The van der Waals surface area contributed by atoms with Crippen LogP contribution in [0.25, 0.3) is 6.08 Å². The summed E-state index contributed by atoms with van der Waals surface area (Å²) in [5.74, 6) is 5.32. The summed E-state index contributed by atoms with van der Waals surface area (Å²) in [6.07, 6.45) is 4.81. The third-order valence-corrected chi connectivity index (χ3v) is 4.32. The second-order valence-electron chi connectivity index (χ2n) is 6.44. The number of aromatic nitrogens is 1. The van der Waals surface area contributed by atoms with Crippen molar-refractivity contribution >= 4 is 17.8 Å². The lowest BCUT2D eigenvalue weighted by atomic mass is 10.2. The van der Waals surface area contributed by atoms with Gasteiger partial charge in [0.1, 0.15) is 0 Å². The number of likely N-dealkylation sites (tertiary alicyclic amines) is 1. The molecule has 1 saturated heterocycles. The topological polar surface area (TPSA) is 77.5 Å². The van der Waals surface area contributed by atoms with Crippen LogP contribution in [0.1, 0.15) is 17.5 Å². The smallest absolute Gasteiger partial charge is 0.267 e. The van der Waals surface area contributed by atoms with E-state index in [0.29, 0.717) is 12.1 Å². The van der Waals surface area contributed by atoms with Gasteiger partial charge in [0.15, 0.2) is 11.6 Å². The quantitative estimate of drug-likeness (QED) is 0.321. The van der Waals surface area contributed by atoms with E-state index in [2.05, 4.69) is 27.0 Å². The Hall–Kier alpha value is -3.21. The molecule has 0 radical (unpaired) electrons. The number of hydroxylamine groups is 1. The maximum atomic E-state index is 14.3. The highest BCUT2D eigenvalue weighted by molar-refractivity contribution is 5.90. The molecule has 0 saturated carbocycles. The molecule has 3 N–H and O–H groups in total. The number of carbonyl (C=O) groups excluding carboxylic acids is 1. The van der Waals surface area contributed by atoms with Crippen LogP contribution in [-0.2, 0) is 4.79 Å². The van der Waals surface area contributed by atoms with E-state index in [1.54, 1.807) is 0 Å². The molecule has 1 aliphatic rings. The Morgan fingerprint density at radius 1 is 1.39 bits per heavy atom. The zero-order valence-corrected chi connectivity index (χ0v) is 15.2. The molecule has 1 aromatic heterocycles. The predicted molar refractivity (Wildman–Crippen MR) is 105 cm³/mol. The lowest BCUT2D eigenvalue weighted by Gasteiger charge is -2.15. The Bertz CT molecular complexity index is 906. The van der Waals surface area contributed by atoms with Crippen molar-refractivity contribution in [1.29, 1.82) is 0 Å². The van der Waals surface area contributed by atoms with Crippen molar-refractivity contribution in [2.75, 3.05) is 25.0 Å². The first-order valence-electron chi connectivity index (χ1n) is 8.94. The Balaban J connectivity index is 1.52. The molecule has 0 bridgehead atoms. The molecule has 2 heterocycles. The number of hydrogen-bond donors (Lipinski definition) is 3. The van der Waals surface area contributed by atoms with Gasteiger partial charge < -0.3 is 5.32 Å². The van der Waals surface area contributed by atoms with Crippen LogP contribution < -0.4 is 10.8 Å². The maximum Gasteiger partial charge on any atom is 0.267 e. The number of hydrogen-bond acceptors (Lipinski definition) is 5. The number of rotatable bonds is 5. The Morgan fingerprint density at radius 3 is 2.96 bits per heavy atom. The molecule has 1 amide bonds. The van der Waals surface area contributed by atoms with Crippen molar-refractivity contribution in [3.05, 3.63) is 65.6 Å². The Labute approximate surface area is 163 Å². The summed E-state index contributed by atoms with van der Waals surface area (Å²) in [5, 5.41) is 11.6. The summed E-state index contributed by atoms with van der Waals surface area (Å²) in [4.78, 5) is 17.3. The van der Waals surface area contributed by atoms with Crippen LogP contribution in [0.3, 0.4) is 0 Å². The van der Waals surface area contributed by atoms with Crippen LogP contribution in [0.15, 0.2) is 48.7 Å². The zero-order chi connectivity index (χ0) is 19.8. The minimum absolute atomic E-state index is 0.0992. The zero-order valence-electron chi connectivity index (χ0n) is 15.2. The van der Waals surface area contributed by atoms with Crippen molar-refractivity contribution in [3.8, 4) is 11.8 Å². The van der Waals surface area contributed by atoms with E-state index in [-0.39, 0.29) is 11.9 Å². The Morgan fingerprint density at radius 2 is 2.21 bits per heavy atom. The first-order valence-corrected chi connectivity index (χ1v) is 8.94. The van der Waals surface area contributed by atoms with Crippen LogP contribution in [0.5, 0.6) is 0 Å². The fraction of sp³-hybridized carbons (Fsp3) is 0.238. The van der Waals surface area contributed by atoms with Crippen molar-refractivity contribution in [2.24, 2.45) is 0 Å². The van der Waals surface area contributed by atoms with Gasteiger partial charge in [0, 0.05) is 37.0 Å². The van der Waals surface area contributed by atoms with Gasteiger partial charge in [-0.1, -0.05) is 30.0 Å². The third-order valence-electron chi connectivity index (χ3n) is 4.32. The van der Waals surface area contributed by atoms with Gasteiger partial charge in [0.05, 0.1) is 6.54 Å². The lowest BCUT2D eigenvalue weighted by molar-refractivity contribution is -0.124. The maximum absolute atomic E-state index is 14.3. The second kappa shape index (κ2) is 9.65. The molecule has 0 aliphatic carbocycles. The number of pyridine rings is 1. The van der Waals surface area contributed by atoms with E-state index in [0.717, 1.165) is 31.1 Å². The number of anilines is 1. The SMILES string of the molecule is O=C(C=Cc1cnc(N[C@@H]2CCN(CC#Cc3ccccc3)C2)c(F)c1)NO. The van der Waals surface area contributed by atoms with Crippen LogP contribution in [0, 0.1) is 17.7 Å². The van der Waals surface area contributed by atoms with Crippen LogP contribution >= 0.6 is 0 Å². The molecule has 1 aromatic carbocycles. The number of halogens is 1. The van der Waals surface area contributed by atoms with E-state index in [1.807, 2.05) is 30.3 Å². The predicted octanol–water partition coefficient (Wildman–Crippen LogP) is 2.28. The van der Waals surface area contributed by atoms with E-state index in [1.165, 1.54) is 23.8 Å². The number of nitrogens with one attached hydrogen (secondary N) is 2. The minimum Gasteiger partial charge on any atom is -0.364 e. The molecule has 7 heteroatoms. The van der Waals surface area contributed by atoms with Gasteiger partial charge in [-0.2, -0.15) is 0 Å². The summed E-state index contributed by atoms with van der Waals surface area (Å²) in [6, 6.07) is 11.2. The first kappa shape index (κ1) is 19.5. The van der Waals surface area contributed by atoms with E-state index in [9.17, 15) is 9.18 Å². The average Bonchev–Trinajstić information content (AvgIpc) is 3.16. The molecule has 6 nitrogen and oxygen atoms in total. The van der Waals surface area contributed by atoms with Crippen LogP contribution in [0.2, 0.25) is 0 Å². The molecule has 1 aliphatic heterocycles. The highest BCUT2D eigenvalue weighted by Crippen LogP contribution is 2.18. The van der Waals surface area contributed by atoms with Crippen LogP contribution in [-0.4, -0.2) is 46.7 Å². The van der Waals surface area contributed by atoms with Gasteiger partial charge in [-0.25, -0.2) is 14.9 Å². The number of amides is 1. The van der Waals surface area contributed by atoms with Gasteiger partial charge in [-0.15, -0.1) is 0 Å². The van der Waals surface area contributed by atoms with Crippen LogP contribution in [0.4, 0.5) is 10.2 Å². The molecule has 1 fully saturated rings. The minimum atomic E-state index is -0.691. The van der Waals surface area contributed by atoms with E-state index >= 15 is 0 Å². The Kier molecular flexibility index (Phi) is 6.73. The summed E-state index contributed by atoms with van der Waals surface area (Å²) in [5.41, 5.74) is 2.89. The lowest BCUT2D eigenvalue weighted by Crippen LogP contribution is -2.27. The summed E-state index contributed by atoms with van der Waals surface area (Å²) < 4.78 is 14.3. The highest BCUT2D eigenvalue weighted by atomic mass is 19.1. The van der Waals surface area contributed by atoms with Gasteiger partial charge in [0.2, 0.25) is 0 Å².